The Labute approximate surface area is 196 Å². The van der Waals surface area contributed by atoms with E-state index >= 15 is 0 Å². The average Bonchev–Trinajstić information content (AvgIpc) is 3.56. The van der Waals surface area contributed by atoms with Gasteiger partial charge in [0.25, 0.3) is 0 Å². The van der Waals surface area contributed by atoms with Crippen molar-refractivity contribution in [2.75, 3.05) is 43.4 Å². The molecule has 178 valence electrons. The molecule has 0 bridgehead atoms. The summed E-state index contributed by atoms with van der Waals surface area (Å²) in [6.45, 7) is 4.22. The predicted octanol–water partition coefficient (Wildman–Crippen LogP) is 1.41. The highest BCUT2D eigenvalue weighted by Gasteiger charge is 2.21. The van der Waals surface area contributed by atoms with Crippen molar-refractivity contribution in [2.45, 2.75) is 38.6 Å². The van der Waals surface area contributed by atoms with Crippen LogP contribution in [0, 0.1) is 0 Å². The van der Waals surface area contributed by atoms with Crippen LogP contribution in [0.1, 0.15) is 32.1 Å². The number of likely N-dealkylation sites (tertiary alicyclic amines) is 2. The minimum absolute atomic E-state index is 0.196. The lowest BCUT2D eigenvalue weighted by Gasteiger charge is -2.16. The van der Waals surface area contributed by atoms with Gasteiger partial charge >= 0.3 is 0 Å². The Bertz CT molecular complexity index is 1170. The van der Waals surface area contributed by atoms with Gasteiger partial charge in [0.1, 0.15) is 0 Å². The molecule has 0 aromatic carbocycles. The second-order valence-electron chi connectivity index (χ2n) is 8.45. The van der Waals surface area contributed by atoms with Gasteiger partial charge in [0.05, 0.1) is 6.33 Å². The molecule has 34 heavy (non-hydrogen) atoms. The monoisotopic (exact) mass is 464 g/mol. The van der Waals surface area contributed by atoms with Gasteiger partial charge in [0.15, 0.2) is 17.0 Å². The van der Waals surface area contributed by atoms with Crippen LogP contribution in [0.25, 0.3) is 11.2 Å². The number of fused-ring (bicyclic) bond motifs is 1. The Hall–Kier alpha value is -3.83. The zero-order valence-corrected chi connectivity index (χ0v) is 19.0. The first-order valence-electron chi connectivity index (χ1n) is 11.7. The highest BCUT2D eigenvalue weighted by atomic mass is 16.2. The van der Waals surface area contributed by atoms with Crippen LogP contribution in [0.2, 0.25) is 0 Å². The molecule has 2 fully saturated rings. The molecular weight excluding hydrogens is 436 g/mol. The summed E-state index contributed by atoms with van der Waals surface area (Å²) in [6.07, 6.45) is 8.94. The Morgan fingerprint density at radius 2 is 1.59 bits per heavy atom. The van der Waals surface area contributed by atoms with E-state index in [2.05, 4.69) is 35.6 Å². The highest BCUT2D eigenvalue weighted by Crippen LogP contribution is 2.22. The molecule has 0 spiro atoms. The summed E-state index contributed by atoms with van der Waals surface area (Å²) in [7, 11) is 0. The minimum atomic E-state index is 0.196. The lowest BCUT2D eigenvalue weighted by Crippen LogP contribution is -2.28. The molecule has 5 heterocycles. The number of nitrogens with one attached hydrogen (secondary N) is 2. The molecule has 3 aromatic heterocycles. The van der Waals surface area contributed by atoms with Crippen LogP contribution in [0.3, 0.4) is 0 Å². The third-order valence-electron chi connectivity index (χ3n) is 6.10. The lowest BCUT2D eigenvalue weighted by atomic mass is 10.3. The maximum atomic E-state index is 12.0. The van der Waals surface area contributed by atoms with E-state index in [1.807, 2.05) is 14.4 Å². The third kappa shape index (κ3) is 4.90. The fourth-order valence-corrected chi connectivity index (χ4v) is 4.34. The number of hydrogen-bond donors (Lipinski definition) is 2. The van der Waals surface area contributed by atoms with Crippen LogP contribution in [0.5, 0.6) is 0 Å². The zero-order valence-electron chi connectivity index (χ0n) is 19.0. The van der Waals surface area contributed by atoms with Crippen LogP contribution in [0.15, 0.2) is 24.8 Å². The Morgan fingerprint density at radius 1 is 0.853 bits per heavy atom. The molecule has 3 aromatic rings. The molecule has 5 rings (SSSR count). The predicted molar refractivity (Wildman–Crippen MR) is 125 cm³/mol. The minimum Gasteiger partial charge on any atom is -0.368 e. The van der Waals surface area contributed by atoms with Crippen LogP contribution in [0.4, 0.5) is 17.7 Å². The van der Waals surface area contributed by atoms with E-state index in [0.29, 0.717) is 61.4 Å². The number of nitrogens with zero attached hydrogens (tertiary/aromatic N) is 8. The molecule has 0 atom stereocenters. The second-order valence-corrected chi connectivity index (χ2v) is 8.45. The van der Waals surface area contributed by atoms with E-state index in [4.69, 9.17) is 0 Å². The van der Waals surface area contributed by atoms with Crippen molar-refractivity contribution < 1.29 is 9.59 Å². The number of rotatable bonds is 10. The normalized spacial score (nSPS) is 16.1. The summed E-state index contributed by atoms with van der Waals surface area (Å²) in [5.74, 6) is 1.78. The van der Waals surface area contributed by atoms with E-state index in [1.54, 1.807) is 24.8 Å². The lowest BCUT2D eigenvalue weighted by molar-refractivity contribution is -0.128. The van der Waals surface area contributed by atoms with Gasteiger partial charge in [-0.15, -0.1) is 0 Å². The fraction of sp³-hybridized carbons (Fsp3) is 0.500. The van der Waals surface area contributed by atoms with Gasteiger partial charge in [-0.25, -0.2) is 15.0 Å². The van der Waals surface area contributed by atoms with Crippen molar-refractivity contribution in [3.63, 3.8) is 0 Å². The van der Waals surface area contributed by atoms with E-state index < -0.39 is 0 Å². The topological polar surface area (TPSA) is 134 Å². The van der Waals surface area contributed by atoms with Gasteiger partial charge < -0.3 is 19.7 Å². The highest BCUT2D eigenvalue weighted by molar-refractivity contribution is 5.84. The number of anilines is 3. The maximum Gasteiger partial charge on any atom is 0.233 e. The van der Waals surface area contributed by atoms with Crippen LogP contribution in [-0.4, -0.2) is 83.8 Å². The Balaban J connectivity index is 1.33. The van der Waals surface area contributed by atoms with Crippen molar-refractivity contribution in [1.82, 2.24) is 39.3 Å². The number of carbonyl (C=O) groups excluding carboxylic acids is 2. The summed E-state index contributed by atoms with van der Waals surface area (Å²) in [4.78, 5) is 49.8. The average molecular weight is 465 g/mol. The van der Waals surface area contributed by atoms with Crippen molar-refractivity contribution in [1.29, 1.82) is 0 Å². The summed E-state index contributed by atoms with van der Waals surface area (Å²) < 4.78 is 1.94. The third-order valence-corrected chi connectivity index (χ3v) is 6.10. The molecule has 0 unspecified atom stereocenters. The van der Waals surface area contributed by atoms with Crippen LogP contribution >= 0.6 is 0 Å². The van der Waals surface area contributed by atoms with Gasteiger partial charge in [0.2, 0.25) is 23.7 Å². The number of carbonyl (C=O) groups is 2. The molecule has 12 heteroatoms. The zero-order chi connectivity index (χ0) is 23.3. The molecule has 0 saturated carbocycles. The van der Waals surface area contributed by atoms with Crippen molar-refractivity contribution in [3.8, 4) is 0 Å². The van der Waals surface area contributed by atoms with Gasteiger partial charge in [-0.2, -0.15) is 9.97 Å². The summed E-state index contributed by atoms with van der Waals surface area (Å²) >= 11 is 0. The van der Waals surface area contributed by atoms with Crippen molar-refractivity contribution in [2.24, 2.45) is 0 Å². The number of hydrogen-bond acceptors (Lipinski definition) is 9. The van der Waals surface area contributed by atoms with Gasteiger partial charge in [-0.3, -0.25) is 14.9 Å². The molecule has 12 nitrogen and oxygen atoms in total. The van der Waals surface area contributed by atoms with E-state index in [0.717, 1.165) is 38.9 Å². The first-order valence-corrected chi connectivity index (χ1v) is 11.7. The van der Waals surface area contributed by atoms with E-state index in [1.165, 1.54) is 0 Å². The largest absolute Gasteiger partial charge is 0.368 e. The maximum absolute atomic E-state index is 12.0. The molecule has 2 amide bonds. The van der Waals surface area contributed by atoms with Crippen LogP contribution < -0.4 is 10.6 Å². The smallest absolute Gasteiger partial charge is 0.233 e. The first-order chi connectivity index (χ1) is 16.7. The molecule has 2 saturated heterocycles. The van der Waals surface area contributed by atoms with Crippen LogP contribution in [-0.2, 0) is 16.1 Å². The van der Waals surface area contributed by atoms with Crippen molar-refractivity contribution >= 4 is 40.7 Å². The Morgan fingerprint density at radius 3 is 2.29 bits per heavy atom. The second kappa shape index (κ2) is 9.98. The SMILES string of the molecule is O=C1CCCN1CCCNc1nc(Nc2ncccn2)nc2c1ncn2CCN1CCCC1=O. The van der Waals surface area contributed by atoms with Gasteiger partial charge in [-0.05, 0) is 25.3 Å². The van der Waals surface area contributed by atoms with E-state index in [9.17, 15) is 9.59 Å². The molecule has 2 aliphatic heterocycles. The molecule has 2 aliphatic rings. The Kier molecular flexibility index (Phi) is 6.45. The summed E-state index contributed by atoms with van der Waals surface area (Å²) in [6, 6.07) is 1.74. The first kappa shape index (κ1) is 22.0. The fourth-order valence-electron chi connectivity index (χ4n) is 4.34. The van der Waals surface area contributed by atoms with Crippen molar-refractivity contribution in [3.05, 3.63) is 24.8 Å². The number of aromatic nitrogens is 6. The quantitative estimate of drug-likeness (QED) is 0.427. The van der Waals surface area contributed by atoms with E-state index in [-0.39, 0.29) is 11.8 Å². The van der Waals surface area contributed by atoms with Gasteiger partial charge in [0, 0.05) is 64.5 Å². The number of imidazole rings is 1. The molecule has 0 radical (unpaired) electrons. The van der Waals surface area contributed by atoms with Gasteiger partial charge in [-0.1, -0.05) is 0 Å². The molecule has 2 N–H and O–H groups in total. The molecular formula is C22H28N10O2. The number of amides is 2. The summed E-state index contributed by atoms with van der Waals surface area (Å²) in [5, 5.41) is 6.42. The standard InChI is InChI=1S/C22H28N10O2/c33-16-5-1-10-30(16)12-4-9-23-19-18-20(28-22(27-19)29-21-24-7-3-8-25-21)32(15-26-18)14-13-31-11-2-6-17(31)34/h3,7-8,15H,1-2,4-6,9-14H2,(H2,23,24,25,27,28,29). The molecule has 0 aliphatic carbocycles. The summed E-state index contributed by atoms with van der Waals surface area (Å²) in [5.41, 5.74) is 1.32.